The minimum Gasteiger partial charge on any atom is -0.352 e. The molecule has 5 rings (SSSR count). The molecule has 0 aromatic heterocycles. The van der Waals surface area contributed by atoms with Gasteiger partial charge in [-0.3, -0.25) is 13.9 Å². The summed E-state index contributed by atoms with van der Waals surface area (Å²) in [6.07, 6.45) is 4.23. The maximum atomic E-state index is 14.7. The van der Waals surface area contributed by atoms with Gasteiger partial charge in [-0.1, -0.05) is 103 Å². The number of carbonyl (C=O) groups is 2. The number of benzene rings is 4. The van der Waals surface area contributed by atoms with Gasteiger partial charge in [0.25, 0.3) is 10.0 Å². The lowest BCUT2D eigenvalue weighted by Crippen LogP contribution is -2.54. The van der Waals surface area contributed by atoms with Crippen LogP contribution in [0, 0.1) is 20.8 Å². The van der Waals surface area contributed by atoms with E-state index in [9.17, 15) is 18.0 Å². The highest BCUT2D eigenvalue weighted by molar-refractivity contribution is 7.92. The van der Waals surface area contributed by atoms with Crippen molar-refractivity contribution >= 4 is 27.5 Å². The van der Waals surface area contributed by atoms with Crippen molar-refractivity contribution in [2.45, 2.75) is 76.4 Å². The van der Waals surface area contributed by atoms with Gasteiger partial charge < -0.3 is 10.2 Å². The third-order valence-electron chi connectivity index (χ3n) is 8.90. The molecule has 7 nitrogen and oxygen atoms in total. The second-order valence-corrected chi connectivity index (χ2v) is 14.1. The number of hydrogen-bond donors (Lipinski definition) is 1. The zero-order valence-electron chi connectivity index (χ0n) is 26.9. The van der Waals surface area contributed by atoms with E-state index < -0.39 is 28.5 Å². The summed E-state index contributed by atoms with van der Waals surface area (Å²) in [5.74, 6) is -0.678. The molecule has 2 amide bonds. The quantitative estimate of drug-likeness (QED) is 0.192. The van der Waals surface area contributed by atoms with Gasteiger partial charge in [-0.25, -0.2) is 8.42 Å². The normalized spacial score (nSPS) is 14.1. The fourth-order valence-corrected chi connectivity index (χ4v) is 7.53. The number of nitrogens with zero attached hydrogens (tertiary/aromatic N) is 2. The van der Waals surface area contributed by atoms with Gasteiger partial charge in [0.05, 0.1) is 10.6 Å². The molecule has 240 valence electrons. The Kier molecular flexibility index (Phi) is 10.6. The van der Waals surface area contributed by atoms with Crippen molar-refractivity contribution in [3.8, 4) is 0 Å². The third-order valence-corrected chi connectivity index (χ3v) is 10.7. The highest BCUT2D eigenvalue weighted by atomic mass is 32.2. The molecule has 4 aromatic rings. The topological polar surface area (TPSA) is 86.8 Å². The van der Waals surface area contributed by atoms with Gasteiger partial charge in [-0.15, -0.1) is 0 Å². The van der Waals surface area contributed by atoms with Crippen LogP contribution in [0.4, 0.5) is 5.69 Å². The number of rotatable bonds is 12. The lowest BCUT2D eigenvalue weighted by atomic mass is 10.0. The van der Waals surface area contributed by atoms with Crippen LogP contribution in [0.15, 0.2) is 108 Å². The Balaban J connectivity index is 1.58. The molecular weight excluding hydrogens is 595 g/mol. The van der Waals surface area contributed by atoms with E-state index >= 15 is 0 Å². The first-order valence-corrected chi connectivity index (χ1v) is 17.4. The van der Waals surface area contributed by atoms with E-state index in [0.29, 0.717) is 12.1 Å². The summed E-state index contributed by atoms with van der Waals surface area (Å²) in [7, 11) is -4.15. The van der Waals surface area contributed by atoms with Crippen molar-refractivity contribution in [1.29, 1.82) is 0 Å². The molecule has 4 aromatic carbocycles. The number of nitrogens with one attached hydrogen (secondary N) is 1. The number of sulfonamides is 1. The van der Waals surface area contributed by atoms with E-state index in [2.05, 4.69) is 5.32 Å². The van der Waals surface area contributed by atoms with E-state index in [1.54, 1.807) is 41.3 Å². The third kappa shape index (κ3) is 7.85. The highest BCUT2D eigenvalue weighted by Crippen LogP contribution is 2.30. The van der Waals surface area contributed by atoms with Gasteiger partial charge in [0.1, 0.15) is 12.6 Å². The van der Waals surface area contributed by atoms with Crippen LogP contribution >= 0.6 is 0 Å². The van der Waals surface area contributed by atoms with E-state index in [1.165, 1.54) is 4.31 Å². The van der Waals surface area contributed by atoms with Gasteiger partial charge in [0, 0.05) is 19.0 Å². The van der Waals surface area contributed by atoms with Crippen molar-refractivity contribution in [2.24, 2.45) is 0 Å². The second-order valence-electron chi connectivity index (χ2n) is 12.2. The average Bonchev–Trinajstić information content (AvgIpc) is 3.57. The summed E-state index contributed by atoms with van der Waals surface area (Å²) in [5, 5.41) is 3.22. The first-order valence-electron chi connectivity index (χ1n) is 16.0. The van der Waals surface area contributed by atoms with E-state index in [4.69, 9.17) is 0 Å². The Morgan fingerprint density at radius 3 is 2.02 bits per heavy atom. The van der Waals surface area contributed by atoms with Crippen LogP contribution in [0.25, 0.3) is 0 Å². The molecule has 1 aliphatic rings. The lowest BCUT2D eigenvalue weighted by molar-refractivity contribution is -0.140. The number of hydrogen-bond acceptors (Lipinski definition) is 4. The molecule has 1 atom stereocenters. The minimum absolute atomic E-state index is 0.0628. The smallest absolute Gasteiger partial charge is 0.264 e. The fourth-order valence-electron chi connectivity index (χ4n) is 6.06. The summed E-state index contributed by atoms with van der Waals surface area (Å²) >= 11 is 0. The monoisotopic (exact) mass is 637 g/mol. The summed E-state index contributed by atoms with van der Waals surface area (Å²) in [4.78, 5) is 30.4. The standard InChI is InChI=1S/C38H43N3O4S/c1-28-21-23-34(24-22-28)46(44,45)41(35-20-12-13-29(2)30(35)3)27-37(42)40(26-32-16-8-5-9-17-32)36(25-31-14-6-4-7-15-31)38(43)39-33-18-10-11-19-33/h4-9,12-17,20-24,33,36H,10-11,18-19,25-27H2,1-3H3,(H,39,43)/t36-/m1/s1. The van der Waals surface area contributed by atoms with E-state index in [0.717, 1.165) is 53.5 Å². The van der Waals surface area contributed by atoms with Gasteiger partial charge in [0.15, 0.2) is 0 Å². The highest BCUT2D eigenvalue weighted by Gasteiger charge is 2.36. The molecule has 0 unspecified atom stereocenters. The van der Waals surface area contributed by atoms with Crippen molar-refractivity contribution in [3.63, 3.8) is 0 Å². The van der Waals surface area contributed by atoms with Crippen molar-refractivity contribution < 1.29 is 18.0 Å². The molecule has 0 saturated heterocycles. The average molecular weight is 638 g/mol. The second kappa shape index (κ2) is 14.8. The molecule has 1 N–H and O–H groups in total. The van der Waals surface area contributed by atoms with Crippen molar-refractivity contribution in [3.05, 3.63) is 131 Å². The van der Waals surface area contributed by atoms with Gasteiger partial charge >= 0.3 is 0 Å². The molecule has 1 saturated carbocycles. The van der Waals surface area contributed by atoms with Crippen molar-refractivity contribution in [2.75, 3.05) is 10.8 Å². The Hall–Kier alpha value is -4.43. The molecule has 8 heteroatoms. The number of aryl methyl sites for hydroxylation is 2. The van der Waals surface area contributed by atoms with E-state index in [-0.39, 0.29) is 23.4 Å². The summed E-state index contributed by atoms with van der Waals surface area (Å²) in [5.41, 5.74) is 4.80. The minimum atomic E-state index is -4.15. The van der Waals surface area contributed by atoms with Crippen LogP contribution in [-0.2, 0) is 32.6 Å². The molecule has 0 radical (unpaired) electrons. The van der Waals surface area contributed by atoms with E-state index in [1.807, 2.05) is 87.5 Å². The summed E-state index contributed by atoms with van der Waals surface area (Å²) < 4.78 is 29.9. The predicted octanol–water partition coefficient (Wildman–Crippen LogP) is 6.51. The number of amides is 2. The molecule has 1 fully saturated rings. The Morgan fingerprint density at radius 1 is 0.783 bits per heavy atom. The largest absolute Gasteiger partial charge is 0.352 e. The lowest BCUT2D eigenvalue weighted by Gasteiger charge is -2.34. The molecule has 0 spiro atoms. The Morgan fingerprint density at radius 2 is 1.39 bits per heavy atom. The summed E-state index contributed by atoms with van der Waals surface area (Å²) in [6, 6.07) is 30.5. The van der Waals surface area contributed by atoms with Crippen LogP contribution in [0.2, 0.25) is 0 Å². The fraction of sp³-hybridized carbons (Fsp3) is 0.316. The maximum absolute atomic E-state index is 14.7. The first-order chi connectivity index (χ1) is 22.1. The van der Waals surface area contributed by atoms with Gasteiger partial charge in [-0.05, 0) is 74.1 Å². The van der Waals surface area contributed by atoms with Crippen molar-refractivity contribution in [1.82, 2.24) is 10.2 Å². The molecule has 46 heavy (non-hydrogen) atoms. The van der Waals surface area contributed by atoms with Crippen LogP contribution in [0.1, 0.15) is 53.5 Å². The summed E-state index contributed by atoms with van der Waals surface area (Å²) in [6.45, 7) is 5.37. The molecule has 1 aliphatic carbocycles. The predicted molar refractivity (Wildman–Crippen MR) is 183 cm³/mol. The molecule has 0 aliphatic heterocycles. The zero-order chi connectivity index (χ0) is 32.7. The van der Waals surface area contributed by atoms with Crippen LogP contribution in [-0.4, -0.2) is 43.8 Å². The van der Waals surface area contributed by atoms with Crippen LogP contribution < -0.4 is 9.62 Å². The Labute approximate surface area is 273 Å². The number of carbonyl (C=O) groups excluding carboxylic acids is 2. The van der Waals surface area contributed by atoms with Crippen LogP contribution in [0.3, 0.4) is 0 Å². The molecular formula is C38H43N3O4S. The zero-order valence-corrected chi connectivity index (χ0v) is 27.7. The molecule has 0 bridgehead atoms. The first kappa shape index (κ1) is 32.9. The number of anilines is 1. The van der Waals surface area contributed by atoms with Crippen LogP contribution in [0.5, 0.6) is 0 Å². The Bertz CT molecular complexity index is 1740. The van der Waals surface area contributed by atoms with Gasteiger partial charge in [0.2, 0.25) is 11.8 Å². The van der Waals surface area contributed by atoms with Gasteiger partial charge in [-0.2, -0.15) is 0 Å². The molecule has 0 heterocycles. The maximum Gasteiger partial charge on any atom is 0.264 e. The SMILES string of the molecule is Cc1ccc(S(=O)(=O)N(CC(=O)N(Cc2ccccc2)[C@H](Cc2ccccc2)C(=O)NC2CCCC2)c2cccc(C)c2C)cc1.